The van der Waals surface area contributed by atoms with Crippen LogP contribution >= 0.6 is 0 Å². The van der Waals surface area contributed by atoms with Crippen molar-refractivity contribution in [3.05, 3.63) is 146 Å². The number of hydrogen-bond donors (Lipinski definition) is 0. The van der Waals surface area contributed by atoms with E-state index < -0.39 is 6.10 Å². The van der Waals surface area contributed by atoms with Crippen LogP contribution in [0.15, 0.2) is 146 Å². The molecule has 0 fully saturated rings. The number of esters is 3. The van der Waals surface area contributed by atoms with Crippen LogP contribution in [0.4, 0.5) is 0 Å². The maximum atomic E-state index is 12.8. The van der Waals surface area contributed by atoms with Crippen LogP contribution in [0.3, 0.4) is 0 Å². The molecule has 6 heteroatoms. The van der Waals surface area contributed by atoms with E-state index in [0.717, 1.165) is 161 Å². The highest BCUT2D eigenvalue weighted by Gasteiger charge is 2.19. The Balaban J connectivity index is 4.32. The van der Waals surface area contributed by atoms with Crippen molar-refractivity contribution in [2.75, 3.05) is 13.2 Å². The fourth-order valence-electron chi connectivity index (χ4n) is 7.68. The van der Waals surface area contributed by atoms with Gasteiger partial charge in [0.1, 0.15) is 13.2 Å². The highest BCUT2D eigenvalue weighted by Crippen LogP contribution is 2.14. The van der Waals surface area contributed by atoms with Crippen LogP contribution in [0, 0.1) is 0 Å². The number of allylic oxidation sites excluding steroid dienone is 24. The van der Waals surface area contributed by atoms with Gasteiger partial charge in [-0.15, -0.1) is 0 Å². The lowest BCUT2D eigenvalue weighted by molar-refractivity contribution is -0.167. The van der Waals surface area contributed by atoms with E-state index >= 15 is 0 Å². The van der Waals surface area contributed by atoms with E-state index in [1.165, 1.54) is 44.9 Å². The predicted molar refractivity (Wildman–Crippen MR) is 320 cm³/mol. The largest absolute Gasteiger partial charge is 0.462 e. The number of carbonyl (C=O) groups is 3. The summed E-state index contributed by atoms with van der Waals surface area (Å²) in [5.41, 5.74) is 0. The smallest absolute Gasteiger partial charge is 0.306 e. The topological polar surface area (TPSA) is 78.9 Å². The third-order valence-corrected chi connectivity index (χ3v) is 12.1. The second kappa shape index (κ2) is 60.8. The maximum absolute atomic E-state index is 12.8. The molecule has 1 atom stereocenters. The van der Waals surface area contributed by atoms with Gasteiger partial charge in [-0.3, -0.25) is 14.4 Å². The van der Waals surface area contributed by atoms with E-state index in [2.05, 4.69) is 167 Å². The van der Waals surface area contributed by atoms with Crippen LogP contribution in [-0.2, 0) is 28.6 Å². The standard InChI is InChI=1S/C68H108O6/c1-4-7-10-13-16-19-21-23-25-27-29-30-31-32-33-34-35-36-37-38-40-41-43-45-47-49-52-55-58-61-67(70)73-64-65(63-72-66(69)60-57-54-51-18-15-12-9-6-3)74-68(71)62-59-56-53-50-48-46-44-42-39-28-26-24-22-20-17-14-11-8-5-2/h7-8,10-11,16-17,19-20,23-26,29-30,32-33,35-36,38-40,42-43,45,65H,4-6,9,12-15,18,21-22,27-28,31,34,37,41,44,46-64H2,1-3H3/b10-7-,11-8-,19-16-,20-17-,25-23-,26-24-,30-29-,33-32-,36-35-,40-38-,42-39-,45-43-. The molecule has 0 radical (unpaired) electrons. The summed E-state index contributed by atoms with van der Waals surface area (Å²) in [6, 6.07) is 0. The summed E-state index contributed by atoms with van der Waals surface area (Å²) in [6.07, 6.45) is 87.1. The Morgan fingerprint density at radius 3 is 0.824 bits per heavy atom. The quantitative estimate of drug-likeness (QED) is 0.0261. The lowest BCUT2D eigenvalue weighted by atomic mass is 10.1. The van der Waals surface area contributed by atoms with Gasteiger partial charge in [0, 0.05) is 19.3 Å². The Morgan fingerprint density at radius 2 is 0.527 bits per heavy atom. The van der Waals surface area contributed by atoms with Crippen LogP contribution in [0.1, 0.15) is 245 Å². The van der Waals surface area contributed by atoms with Crippen molar-refractivity contribution in [2.24, 2.45) is 0 Å². The molecule has 0 bridgehead atoms. The van der Waals surface area contributed by atoms with Crippen molar-refractivity contribution in [2.45, 2.75) is 252 Å². The summed E-state index contributed by atoms with van der Waals surface area (Å²) >= 11 is 0. The molecule has 416 valence electrons. The Bertz CT molecular complexity index is 1640. The van der Waals surface area contributed by atoms with E-state index in [1.54, 1.807) is 0 Å². The normalized spacial score (nSPS) is 13.2. The van der Waals surface area contributed by atoms with Gasteiger partial charge >= 0.3 is 17.9 Å². The molecule has 0 saturated carbocycles. The molecule has 0 saturated heterocycles. The number of hydrogen-bond acceptors (Lipinski definition) is 6. The second-order valence-electron chi connectivity index (χ2n) is 19.1. The molecular formula is C68H108O6. The third-order valence-electron chi connectivity index (χ3n) is 12.1. The van der Waals surface area contributed by atoms with Gasteiger partial charge in [0.15, 0.2) is 6.10 Å². The van der Waals surface area contributed by atoms with E-state index in [0.29, 0.717) is 19.3 Å². The van der Waals surface area contributed by atoms with E-state index in [1.807, 2.05) is 0 Å². The molecule has 0 aromatic carbocycles. The first-order valence-corrected chi connectivity index (χ1v) is 29.8. The van der Waals surface area contributed by atoms with E-state index in [-0.39, 0.29) is 31.1 Å². The summed E-state index contributed by atoms with van der Waals surface area (Å²) < 4.78 is 16.8. The Morgan fingerprint density at radius 1 is 0.284 bits per heavy atom. The molecule has 0 spiro atoms. The van der Waals surface area contributed by atoms with Crippen molar-refractivity contribution in [3.63, 3.8) is 0 Å². The molecule has 1 unspecified atom stereocenters. The Labute approximate surface area is 455 Å². The summed E-state index contributed by atoms with van der Waals surface area (Å²) in [4.78, 5) is 38.1. The lowest BCUT2D eigenvalue weighted by Crippen LogP contribution is -2.30. The van der Waals surface area contributed by atoms with Crippen LogP contribution < -0.4 is 0 Å². The number of unbranched alkanes of at least 4 members (excludes halogenated alkanes) is 17. The van der Waals surface area contributed by atoms with Gasteiger partial charge in [-0.25, -0.2) is 0 Å². The van der Waals surface area contributed by atoms with E-state index in [4.69, 9.17) is 14.2 Å². The van der Waals surface area contributed by atoms with Crippen LogP contribution in [0.25, 0.3) is 0 Å². The molecule has 0 aromatic rings. The molecule has 74 heavy (non-hydrogen) atoms. The summed E-state index contributed by atoms with van der Waals surface area (Å²) in [5.74, 6) is -0.946. The van der Waals surface area contributed by atoms with Gasteiger partial charge in [0.05, 0.1) is 0 Å². The van der Waals surface area contributed by atoms with Gasteiger partial charge in [0.25, 0.3) is 0 Å². The summed E-state index contributed by atoms with van der Waals surface area (Å²) in [5, 5.41) is 0. The van der Waals surface area contributed by atoms with Crippen LogP contribution in [-0.4, -0.2) is 37.2 Å². The molecule has 0 aromatic heterocycles. The Kier molecular flexibility index (Phi) is 57.0. The predicted octanol–water partition coefficient (Wildman–Crippen LogP) is 20.4. The van der Waals surface area contributed by atoms with Crippen molar-refractivity contribution in [3.8, 4) is 0 Å². The first-order valence-electron chi connectivity index (χ1n) is 29.8. The highest BCUT2D eigenvalue weighted by atomic mass is 16.6. The second-order valence-corrected chi connectivity index (χ2v) is 19.1. The lowest BCUT2D eigenvalue weighted by Gasteiger charge is -2.18. The zero-order valence-electron chi connectivity index (χ0n) is 47.5. The number of ether oxygens (including phenoxy) is 3. The fraction of sp³-hybridized carbons (Fsp3) is 0.603. The van der Waals surface area contributed by atoms with Crippen LogP contribution in [0.5, 0.6) is 0 Å². The summed E-state index contributed by atoms with van der Waals surface area (Å²) in [7, 11) is 0. The first kappa shape index (κ1) is 69.3. The zero-order chi connectivity index (χ0) is 53.6. The van der Waals surface area contributed by atoms with Crippen molar-refractivity contribution in [1.82, 2.24) is 0 Å². The summed E-state index contributed by atoms with van der Waals surface area (Å²) in [6.45, 7) is 6.34. The highest BCUT2D eigenvalue weighted by molar-refractivity contribution is 5.71. The first-order chi connectivity index (χ1) is 36.5. The maximum Gasteiger partial charge on any atom is 0.306 e. The third kappa shape index (κ3) is 58.2. The molecule has 0 heterocycles. The molecular weight excluding hydrogens is 913 g/mol. The number of carbonyl (C=O) groups excluding carboxylic acids is 3. The van der Waals surface area contributed by atoms with Gasteiger partial charge in [-0.1, -0.05) is 250 Å². The SMILES string of the molecule is CC/C=C\C/C=C\C/C=C\C/C=C\C/C=C\C/C=C\C/C=C\C/C=C\CCCCCCC(=O)OCC(COC(=O)CCCCCCCCCC)OC(=O)CCCCCCCC/C=C\C/C=C\C/C=C\C/C=C\CC. The average molecular weight is 1020 g/mol. The van der Waals surface area contributed by atoms with Crippen LogP contribution in [0.2, 0.25) is 0 Å². The van der Waals surface area contributed by atoms with Gasteiger partial charge in [-0.2, -0.15) is 0 Å². The molecule has 0 aliphatic heterocycles. The minimum Gasteiger partial charge on any atom is -0.462 e. The molecule has 0 aliphatic rings. The fourth-order valence-corrected chi connectivity index (χ4v) is 7.68. The molecule has 0 amide bonds. The number of rotatable bonds is 52. The minimum absolute atomic E-state index is 0.0963. The van der Waals surface area contributed by atoms with E-state index in [9.17, 15) is 14.4 Å². The zero-order valence-corrected chi connectivity index (χ0v) is 47.5. The molecule has 0 N–H and O–H groups in total. The monoisotopic (exact) mass is 1020 g/mol. The average Bonchev–Trinajstić information content (AvgIpc) is 3.40. The van der Waals surface area contributed by atoms with Crippen molar-refractivity contribution >= 4 is 17.9 Å². The van der Waals surface area contributed by atoms with Crippen molar-refractivity contribution < 1.29 is 28.6 Å². The molecule has 0 rings (SSSR count). The molecule has 0 aliphatic carbocycles. The van der Waals surface area contributed by atoms with Crippen molar-refractivity contribution in [1.29, 1.82) is 0 Å². The van der Waals surface area contributed by atoms with Gasteiger partial charge in [0.2, 0.25) is 0 Å². The Hall–Kier alpha value is -4.71. The van der Waals surface area contributed by atoms with Gasteiger partial charge < -0.3 is 14.2 Å². The van der Waals surface area contributed by atoms with Gasteiger partial charge in [-0.05, 0) is 122 Å². The minimum atomic E-state index is -0.800. The molecule has 6 nitrogen and oxygen atoms in total.